The lowest BCUT2D eigenvalue weighted by atomic mass is 10.0. The highest BCUT2D eigenvalue weighted by Crippen LogP contribution is 2.15. The lowest BCUT2D eigenvalue weighted by molar-refractivity contribution is 0.570. The Balaban J connectivity index is 1.79. The van der Waals surface area contributed by atoms with E-state index >= 15 is 0 Å². The average Bonchev–Trinajstić information content (AvgIpc) is 3.01. The number of nitrogens with zero attached hydrogens (tertiary/aromatic N) is 3. The van der Waals surface area contributed by atoms with Gasteiger partial charge in [-0.2, -0.15) is 0 Å². The summed E-state index contributed by atoms with van der Waals surface area (Å²) in [6.45, 7) is 2.21. The molecule has 0 aliphatic carbocycles. The van der Waals surface area contributed by atoms with Gasteiger partial charge < -0.3 is 10.3 Å². The van der Waals surface area contributed by atoms with Gasteiger partial charge in [-0.15, -0.1) is 0 Å². The van der Waals surface area contributed by atoms with Crippen LogP contribution in [0.3, 0.4) is 0 Å². The van der Waals surface area contributed by atoms with Crippen molar-refractivity contribution in [1.82, 2.24) is 25.3 Å². The predicted octanol–water partition coefficient (Wildman–Crippen LogP) is 1.02. The van der Waals surface area contributed by atoms with E-state index in [0.29, 0.717) is 5.92 Å². The number of imidazole rings is 1. The molecule has 0 amide bonds. The number of H-pyrrole nitrogens is 1. The van der Waals surface area contributed by atoms with Gasteiger partial charge in [-0.05, 0) is 31.8 Å². The molecule has 0 aromatic carbocycles. The van der Waals surface area contributed by atoms with Gasteiger partial charge in [0.2, 0.25) is 0 Å². The summed E-state index contributed by atoms with van der Waals surface area (Å²) in [5.74, 6) is 1.47. The van der Waals surface area contributed by atoms with Crippen LogP contribution in [-0.2, 0) is 6.42 Å². The first-order valence-electron chi connectivity index (χ1n) is 5.93. The molecule has 0 saturated carbocycles. The van der Waals surface area contributed by atoms with E-state index in [-0.39, 0.29) is 0 Å². The minimum absolute atomic E-state index is 0.691. The summed E-state index contributed by atoms with van der Waals surface area (Å²) in [4.78, 5) is 16.1. The summed E-state index contributed by atoms with van der Waals surface area (Å²) < 4.78 is 0. The van der Waals surface area contributed by atoms with Crippen LogP contribution in [-0.4, -0.2) is 33.0 Å². The van der Waals surface area contributed by atoms with Crippen molar-refractivity contribution in [3.8, 4) is 11.5 Å². The maximum atomic E-state index is 4.59. The minimum Gasteiger partial charge on any atom is -0.343 e. The monoisotopic (exact) mass is 229 g/mol. The molecule has 1 unspecified atom stereocenters. The Hall–Kier alpha value is -1.75. The summed E-state index contributed by atoms with van der Waals surface area (Å²) in [6, 6.07) is 0. The second kappa shape index (κ2) is 4.63. The largest absolute Gasteiger partial charge is 0.343 e. The zero-order valence-electron chi connectivity index (χ0n) is 9.56. The van der Waals surface area contributed by atoms with Gasteiger partial charge in [-0.3, -0.25) is 4.98 Å². The second-order valence-electron chi connectivity index (χ2n) is 4.40. The molecule has 1 fully saturated rings. The first-order chi connectivity index (χ1) is 8.42. The molecule has 5 nitrogen and oxygen atoms in total. The van der Waals surface area contributed by atoms with Crippen LogP contribution in [0, 0.1) is 5.92 Å². The number of hydrogen-bond donors (Lipinski definition) is 2. The van der Waals surface area contributed by atoms with E-state index < -0.39 is 0 Å². The van der Waals surface area contributed by atoms with Crippen molar-refractivity contribution in [2.75, 3.05) is 13.1 Å². The minimum atomic E-state index is 0.691. The Bertz CT molecular complexity index is 473. The van der Waals surface area contributed by atoms with Crippen LogP contribution in [0.4, 0.5) is 0 Å². The lowest BCUT2D eigenvalue weighted by Gasteiger charge is -2.07. The Labute approximate surface area is 99.7 Å². The Kier molecular flexibility index (Phi) is 2.83. The fraction of sp³-hybridized carbons (Fsp3) is 0.417. The Morgan fingerprint density at radius 2 is 2.35 bits per heavy atom. The molecular formula is C12H15N5. The molecule has 0 radical (unpaired) electrons. The highest BCUT2D eigenvalue weighted by Gasteiger charge is 2.16. The van der Waals surface area contributed by atoms with Crippen molar-refractivity contribution in [3.05, 3.63) is 30.5 Å². The molecule has 5 heteroatoms. The van der Waals surface area contributed by atoms with Gasteiger partial charge in [-0.25, -0.2) is 9.97 Å². The van der Waals surface area contributed by atoms with Crippen molar-refractivity contribution in [3.63, 3.8) is 0 Å². The van der Waals surface area contributed by atoms with Crippen LogP contribution in [0.15, 0.2) is 24.8 Å². The quantitative estimate of drug-likeness (QED) is 0.824. The number of hydrogen-bond acceptors (Lipinski definition) is 4. The van der Waals surface area contributed by atoms with Gasteiger partial charge in [0, 0.05) is 18.6 Å². The molecule has 3 rings (SSSR count). The van der Waals surface area contributed by atoms with E-state index in [1.165, 1.54) is 6.42 Å². The van der Waals surface area contributed by atoms with Crippen LogP contribution in [0.1, 0.15) is 12.1 Å². The zero-order chi connectivity index (χ0) is 11.5. The molecule has 1 aliphatic rings. The maximum Gasteiger partial charge on any atom is 0.157 e. The molecule has 17 heavy (non-hydrogen) atoms. The third kappa shape index (κ3) is 2.34. The van der Waals surface area contributed by atoms with Crippen LogP contribution >= 0.6 is 0 Å². The molecular weight excluding hydrogens is 214 g/mol. The average molecular weight is 229 g/mol. The molecule has 1 aliphatic heterocycles. The number of aromatic amines is 1. The first kappa shape index (κ1) is 10.4. The molecule has 88 valence electrons. The molecule has 3 heterocycles. The van der Waals surface area contributed by atoms with E-state index in [1.807, 2.05) is 6.20 Å². The van der Waals surface area contributed by atoms with Gasteiger partial charge in [0.25, 0.3) is 0 Å². The fourth-order valence-corrected chi connectivity index (χ4v) is 2.21. The first-order valence-corrected chi connectivity index (χ1v) is 5.93. The number of nitrogens with one attached hydrogen (secondary N) is 2. The highest BCUT2D eigenvalue weighted by molar-refractivity contribution is 5.46. The SMILES string of the molecule is c1c[nH]c(-c2cncc(CC3CCNC3)n2)n1. The van der Waals surface area contributed by atoms with Crippen molar-refractivity contribution in [1.29, 1.82) is 0 Å². The topological polar surface area (TPSA) is 66.5 Å². The molecule has 1 atom stereocenters. The normalized spacial score (nSPS) is 19.6. The molecule has 0 bridgehead atoms. The van der Waals surface area contributed by atoms with E-state index in [2.05, 4.69) is 25.3 Å². The summed E-state index contributed by atoms with van der Waals surface area (Å²) in [5, 5.41) is 3.37. The van der Waals surface area contributed by atoms with Crippen LogP contribution in [0.25, 0.3) is 11.5 Å². The van der Waals surface area contributed by atoms with E-state index in [1.54, 1.807) is 18.6 Å². The maximum absolute atomic E-state index is 4.59. The summed E-state index contributed by atoms with van der Waals surface area (Å²) in [5.41, 5.74) is 1.87. The third-order valence-electron chi connectivity index (χ3n) is 3.09. The molecule has 1 saturated heterocycles. The van der Waals surface area contributed by atoms with Gasteiger partial charge in [-0.1, -0.05) is 0 Å². The van der Waals surface area contributed by atoms with Gasteiger partial charge in [0.1, 0.15) is 5.69 Å². The highest BCUT2D eigenvalue weighted by atomic mass is 14.9. The molecule has 2 aromatic heterocycles. The van der Waals surface area contributed by atoms with Crippen molar-refractivity contribution in [2.45, 2.75) is 12.8 Å². The van der Waals surface area contributed by atoms with Gasteiger partial charge >= 0.3 is 0 Å². The van der Waals surface area contributed by atoms with E-state index in [9.17, 15) is 0 Å². The summed E-state index contributed by atoms with van der Waals surface area (Å²) >= 11 is 0. The van der Waals surface area contributed by atoms with Crippen LogP contribution in [0.2, 0.25) is 0 Å². The van der Waals surface area contributed by atoms with Crippen molar-refractivity contribution < 1.29 is 0 Å². The summed E-state index contributed by atoms with van der Waals surface area (Å²) in [6.07, 6.45) is 9.34. The Morgan fingerprint density at radius 1 is 1.35 bits per heavy atom. The van der Waals surface area contributed by atoms with Gasteiger partial charge in [0.05, 0.1) is 11.9 Å². The zero-order valence-corrected chi connectivity index (χ0v) is 9.56. The third-order valence-corrected chi connectivity index (χ3v) is 3.09. The molecule has 2 aromatic rings. The van der Waals surface area contributed by atoms with Crippen molar-refractivity contribution >= 4 is 0 Å². The van der Waals surface area contributed by atoms with Crippen molar-refractivity contribution in [2.24, 2.45) is 5.92 Å². The second-order valence-corrected chi connectivity index (χ2v) is 4.40. The Morgan fingerprint density at radius 3 is 3.12 bits per heavy atom. The predicted molar refractivity (Wildman–Crippen MR) is 64.3 cm³/mol. The molecule has 2 N–H and O–H groups in total. The van der Waals surface area contributed by atoms with E-state index in [0.717, 1.165) is 36.7 Å². The number of rotatable bonds is 3. The van der Waals surface area contributed by atoms with E-state index in [4.69, 9.17) is 0 Å². The molecule has 0 spiro atoms. The standard InChI is InChI=1S/C12H15N5/c1-2-13-6-9(1)5-10-7-14-8-11(17-10)12-15-3-4-16-12/h3-4,7-9,13H,1-2,5-6H2,(H,15,16). The fourth-order valence-electron chi connectivity index (χ4n) is 2.21. The smallest absolute Gasteiger partial charge is 0.157 e. The van der Waals surface area contributed by atoms with Crippen LogP contribution < -0.4 is 5.32 Å². The summed E-state index contributed by atoms with van der Waals surface area (Å²) in [7, 11) is 0. The lowest BCUT2D eigenvalue weighted by Crippen LogP contribution is -2.11. The van der Waals surface area contributed by atoms with Crippen LogP contribution in [0.5, 0.6) is 0 Å². The number of aromatic nitrogens is 4. The van der Waals surface area contributed by atoms with Gasteiger partial charge in [0.15, 0.2) is 5.82 Å².